The fourth-order valence-corrected chi connectivity index (χ4v) is 4.01. The van der Waals surface area contributed by atoms with Crippen LogP contribution in [0.25, 0.3) is 21.8 Å². The summed E-state index contributed by atoms with van der Waals surface area (Å²) in [4.78, 5) is 28.9. The number of anilines is 1. The number of thiazole rings is 1. The normalized spacial score (nSPS) is 10.6. The summed E-state index contributed by atoms with van der Waals surface area (Å²) < 4.78 is 0. The molecule has 0 fully saturated rings. The molecule has 4 rings (SSSR count). The summed E-state index contributed by atoms with van der Waals surface area (Å²) in [6.45, 7) is -0.139. The molecule has 5 nitrogen and oxygen atoms in total. The van der Waals surface area contributed by atoms with Crippen molar-refractivity contribution < 1.29 is 9.59 Å². The first kappa shape index (κ1) is 22.0. The van der Waals surface area contributed by atoms with Crippen LogP contribution in [0, 0.1) is 0 Å². The van der Waals surface area contributed by atoms with Crippen LogP contribution in [0.3, 0.4) is 0 Å². The molecule has 0 aliphatic heterocycles. The van der Waals surface area contributed by atoms with E-state index in [2.05, 4.69) is 15.6 Å². The lowest BCUT2D eigenvalue weighted by Crippen LogP contribution is -2.32. The topological polar surface area (TPSA) is 71.1 Å². The van der Waals surface area contributed by atoms with Crippen molar-refractivity contribution in [3.63, 3.8) is 0 Å². The highest BCUT2D eigenvalue weighted by Gasteiger charge is 2.10. The van der Waals surface area contributed by atoms with Gasteiger partial charge < -0.3 is 10.6 Å². The lowest BCUT2D eigenvalue weighted by atomic mass is 10.1. The largest absolute Gasteiger partial charge is 0.343 e. The van der Waals surface area contributed by atoms with Gasteiger partial charge in [-0.15, -0.1) is 11.3 Å². The molecule has 160 valence electrons. The zero-order chi connectivity index (χ0) is 22.5. The number of benzene rings is 3. The first-order valence-electron chi connectivity index (χ1n) is 9.63. The first-order chi connectivity index (χ1) is 15.5. The number of amides is 2. The fourth-order valence-electron chi connectivity index (χ4n) is 2.92. The molecular formula is C24H17Cl2N3O2S. The third-order valence-corrected chi connectivity index (χ3v) is 5.97. The van der Waals surface area contributed by atoms with Crippen LogP contribution < -0.4 is 10.6 Å². The van der Waals surface area contributed by atoms with Gasteiger partial charge in [0.25, 0.3) is 5.91 Å². The molecule has 0 bridgehead atoms. The lowest BCUT2D eigenvalue weighted by Gasteiger charge is -2.08. The Morgan fingerprint density at radius 1 is 0.812 bits per heavy atom. The lowest BCUT2D eigenvalue weighted by molar-refractivity contribution is -0.115. The molecule has 3 aromatic carbocycles. The molecule has 1 heterocycles. The van der Waals surface area contributed by atoms with E-state index >= 15 is 0 Å². The molecule has 1 aromatic heterocycles. The summed E-state index contributed by atoms with van der Waals surface area (Å²) in [6, 6.07) is 21.4. The molecule has 4 aromatic rings. The predicted molar refractivity (Wildman–Crippen MR) is 130 cm³/mol. The Bertz CT molecular complexity index is 1240. The van der Waals surface area contributed by atoms with Gasteiger partial charge in [-0.3, -0.25) is 9.59 Å². The molecule has 0 spiro atoms. The molecule has 2 N–H and O–H groups in total. The molecule has 8 heteroatoms. The van der Waals surface area contributed by atoms with Crippen molar-refractivity contribution in [3.8, 4) is 21.8 Å². The number of aromatic nitrogens is 1. The van der Waals surface area contributed by atoms with Crippen LogP contribution in [0.5, 0.6) is 0 Å². The predicted octanol–water partition coefficient (Wildman–Crippen LogP) is 6.15. The number of halogens is 2. The fraction of sp³-hybridized carbons (Fsp3) is 0.0417. The quantitative estimate of drug-likeness (QED) is 0.346. The number of rotatable bonds is 6. The van der Waals surface area contributed by atoms with E-state index in [9.17, 15) is 9.59 Å². The Labute approximate surface area is 199 Å². The minimum atomic E-state index is -0.341. The van der Waals surface area contributed by atoms with E-state index < -0.39 is 0 Å². The Morgan fingerprint density at radius 3 is 2.06 bits per heavy atom. The SMILES string of the molecule is O=C(CNC(=O)c1ccc(Cl)cc1)Nc1ccc(-c2csc(-c3ccc(Cl)cc3)n2)cc1. The van der Waals surface area contributed by atoms with Crippen LogP contribution >= 0.6 is 34.5 Å². The van der Waals surface area contributed by atoms with Crippen molar-refractivity contribution in [1.29, 1.82) is 0 Å². The maximum Gasteiger partial charge on any atom is 0.251 e. The number of carbonyl (C=O) groups excluding carboxylic acids is 2. The standard InChI is InChI=1S/C24H17Cl2N3O2S/c25-18-7-1-16(2-8-18)23(31)27-13-22(30)28-20-11-5-15(6-12-20)21-14-32-24(29-21)17-3-9-19(26)10-4-17/h1-12,14H,13H2,(H,27,31)(H,28,30). The van der Waals surface area contributed by atoms with Gasteiger partial charge in [-0.2, -0.15) is 0 Å². The average molecular weight is 482 g/mol. The van der Waals surface area contributed by atoms with Gasteiger partial charge in [0.05, 0.1) is 12.2 Å². The van der Waals surface area contributed by atoms with Crippen LogP contribution in [0.4, 0.5) is 5.69 Å². The van der Waals surface area contributed by atoms with Crippen LogP contribution in [0.2, 0.25) is 10.0 Å². The highest BCUT2D eigenvalue weighted by molar-refractivity contribution is 7.13. The Kier molecular flexibility index (Phi) is 6.85. The van der Waals surface area contributed by atoms with Gasteiger partial charge in [0.2, 0.25) is 5.91 Å². The van der Waals surface area contributed by atoms with Gasteiger partial charge in [0.15, 0.2) is 0 Å². The maximum atomic E-state index is 12.2. The van der Waals surface area contributed by atoms with Crippen molar-refractivity contribution in [1.82, 2.24) is 10.3 Å². The second-order valence-electron chi connectivity index (χ2n) is 6.86. The first-order valence-corrected chi connectivity index (χ1v) is 11.3. The van der Waals surface area contributed by atoms with Gasteiger partial charge in [-0.05, 0) is 48.5 Å². The summed E-state index contributed by atoms with van der Waals surface area (Å²) in [6.07, 6.45) is 0. The van der Waals surface area contributed by atoms with Crippen molar-refractivity contribution in [2.24, 2.45) is 0 Å². The zero-order valence-electron chi connectivity index (χ0n) is 16.6. The summed E-state index contributed by atoms with van der Waals surface area (Å²) in [5.41, 5.74) is 3.87. The minimum absolute atomic E-state index is 0.139. The highest BCUT2D eigenvalue weighted by Crippen LogP contribution is 2.30. The smallest absolute Gasteiger partial charge is 0.251 e. The van der Waals surface area contributed by atoms with Crippen LogP contribution in [-0.2, 0) is 4.79 Å². The minimum Gasteiger partial charge on any atom is -0.343 e. The second kappa shape index (κ2) is 9.96. The van der Waals surface area contributed by atoms with Crippen LogP contribution in [0.1, 0.15) is 10.4 Å². The summed E-state index contributed by atoms with van der Waals surface area (Å²) in [5, 5.41) is 9.48. The highest BCUT2D eigenvalue weighted by atomic mass is 35.5. The second-order valence-corrected chi connectivity index (χ2v) is 8.59. The number of hydrogen-bond acceptors (Lipinski definition) is 4. The van der Waals surface area contributed by atoms with Crippen molar-refractivity contribution in [2.75, 3.05) is 11.9 Å². The van der Waals surface area contributed by atoms with Gasteiger partial charge in [-0.25, -0.2) is 4.98 Å². The van der Waals surface area contributed by atoms with E-state index in [1.54, 1.807) is 47.7 Å². The molecule has 0 unspecified atom stereocenters. The molecular weight excluding hydrogens is 465 g/mol. The maximum absolute atomic E-state index is 12.2. The number of nitrogens with zero attached hydrogens (tertiary/aromatic N) is 1. The van der Waals surface area contributed by atoms with Crippen molar-refractivity contribution in [2.45, 2.75) is 0 Å². The number of nitrogens with one attached hydrogen (secondary N) is 2. The van der Waals surface area contributed by atoms with E-state index in [-0.39, 0.29) is 18.4 Å². The summed E-state index contributed by atoms with van der Waals surface area (Å²) in [5.74, 6) is -0.661. The van der Waals surface area contributed by atoms with Crippen molar-refractivity contribution in [3.05, 3.63) is 93.8 Å². The zero-order valence-corrected chi connectivity index (χ0v) is 19.0. The van der Waals surface area contributed by atoms with Gasteiger partial charge in [0.1, 0.15) is 5.01 Å². The Morgan fingerprint density at radius 2 is 1.41 bits per heavy atom. The third-order valence-electron chi connectivity index (χ3n) is 4.58. The van der Waals surface area contributed by atoms with E-state index in [1.807, 2.05) is 41.8 Å². The molecule has 2 amide bonds. The Hall–Kier alpha value is -3.19. The van der Waals surface area contributed by atoms with Crippen LogP contribution in [0.15, 0.2) is 78.2 Å². The number of hydrogen-bond donors (Lipinski definition) is 2. The van der Waals surface area contributed by atoms with E-state index in [1.165, 1.54) is 0 Å². The third kappa shape index (κ3) is 5.53. The van der Waals surface area contributed by atoms with Gasteiger partial charge in [0, 0.05) is 37.8 Å². The molecule has 0 saturated carbocycles. The number of carbonyl (C=O) groups is 2. The van der Waals surface area contributed by atoms with E-state index in [0.29, 0.717) is 21.3 Å². The van der Waals surface area contributed by atoms with Crippen molar-refractivity contribution >= 4 is 52.0 Å². The Balaban J connectivity index is 1.33. The van der Waals surface area contributed by atoms with Crippen LogP contribution in [-0.4, -0.2) is 23.3 Å². The average Bonchev–Trinajstić information content (AvgIpc) is 3.29. The molecule has 0 aliphatic carbocycles. The molecule has 32 heavy (non-hydrogen) atoms. The summed E-state index contributed by atoms with van der Waals surface area (Å²) in [7, 11) is 0. The molecule has 0 radical (unpaired) electrons. The monoisotopic (exact) mass is 481 g/mol. The van der Waals surface area contributed by atoms with Gasteiger partial charge >= 0.3 is 0 Å². The van der Waals surface area contributed by atoms with E-state index in [0.717, 1.165) is 21.8 Å². The molecule has 0 atom stereocenters. The van der Waals surface area contributed by atoms with E-state index in [4.69, 9.17) is 23.2 Å². The molecule has 0 aliphatic rings. The molecule has 0 saturated heterocycles. The summed E-state index contributed by atoms with van der Waals surface area (Å²) >= 11 is 13.3. The van der Waals surface area contributed by atoms with Gasteiger partial charge in [-0.1, -0.05) is 47.5 Å².